The largest absolute Gasteiger partial charge is 0.378 e. The summed E-state index contributed by atoms with van der Waals surface area (Å²) in [6.07, 6.45) is 0.903. The Morgan fingerprint density at radius 2 is 1.62 bits per heavy atom. The average molecular weight is 116 g/mol. The molecule has 1 heterocycles. The summed E-state index contributed by atoms with van der Waals surface area (Å²) in [5, 5.41) is 0. The fourth-order valence-electron chi connectivity index (χ4n) is 0.896. The number of hydrogen-bond acceptors (Lipinski definition) is 3. The highest BCUT2D eigenvalue weighted by Crippen LogP contribution is 2.01. The Morgan fingerprint density at radius 1 is 1.12 bits per heavy atom. The van der Waals surface area contributed by atoms with Crippen LogP contribution in [-0.4, -0.2) is 25.3 Å². The minimum atomic E-state index is 0.166. The molecular formula is C5H12N2O. The van der Waals surface area contributed by atoms with E-state index in [1.807, 2.05) is 0 Å². The van der Waals surface area contributed by atoms with Gasteiger partial charge in [0.2, 0.25) is 0 Å². The molecule has 2 atom stereocenters. The topological polar surface area (TPSA) is 61.3 Å². The second-order valence-electron chi connectivity index (χ2n) is 2.29. The minimum absolute atomic E-state index is 0.166. The van der Waals surface area contributed by atoms with Gasteiger partial charge in [-0.25, -0.2) is 0 Å². The maximum Gasteiger partial charge on any atom is 0.0618 e. The molecule has 3 heteroatoms. The molecule has 8 heavy (non-hydrogen) atoms. The lowest BCUT2D eigenvalue weighted by molar-refractivity contribution is 0.0680. The van der Waals surface area contributed by atoms with Crippen molar-refractivity contribution in [2.45, 2.75) is 18.5 Å². The van der Waals surface area contributed by atoms with Crippen LogP contribution in [0.1, 0.15) is 6.42 Å². The molecule has 4 N–H and O–H groups in total. The first-order valence-electron chi connectivity index (χ1n) is 2.88. The lowest BCUT2D eigenvalue weighted by Gasteiger charge is -2.23. The molecule has 3 nitrogen and oxygen atoms in total. The van der Waals surface area contributed by atoms with E-state index in [1.165, 1.54) is 0 Å². The van der Waals surface area contributed by atoms with Gasteiger partial charge in [0, 0.05) is 12.1 Å². The molecule has 1 rings (SSSR count). The smallest absolute Gasteiger partial charge is 0.0618 e. The monoisotopic (exact) mass is 116 g/mol. The Morgan fingerprint density at radius 3 is 1.88 bits per heavy atom. The zero-order valence-electron chi connectivity index (χ0n) is 4.84. The molecule has 1 aliphatic rings. The standard InChI is InChI=1S/C5H12N2O/c6-4-1-5(7)3-8-2-4/h4-5H,1-3,6-7H2/t4-,5-/m1/s1. The lowest BCUT2D eigenvalue weighted by Crippen LogP contribution is -2.42. The molecule has 0 spiro atoms. The minimum Gasteiger partial charge on any atom is -0.378 e. The SMILES string of the molecule is N[C@H]1COC[C@H](N)C1. The van der Waals surface area contributed by atoms with Crippen LogP contribution in [0.3, 0.4) is 0 Å². The quantitative estimate of drug-likeness (QED) is 0.429. The van der Waals surface area contributed by atoms with Crippen molar-refractivity contribution in [1.29, 1.82) is 0 Å². The molecule has 1 saturated heterocycles. The third-order valence-electron chi connectivity index (χ3n) is 1.27. The first-order valence-corrected chi connectivity index (χ1v) is 2.88. The van der Waals surface area contributed by atoms with Gasteiger partial charge in [0.05, 0.1) is 13.2 Å². The summed E-state index contributed by atoms with van der Waals surface area (Å²) < 4.78 is 5.04. The Bertz CT molecular complexity index is 68.8. The molecule has 0 unspecified atom stereocenters. The average Bonchev–Trinajstić information content (AvgIpc) is 1.64. The molecule has 0 aromatic carbocycles. The van der Waals surface area contributed by atoms with Gasteiger partial charge in [-0.2, -0.15) is 0 Å². The second-order valence-corrected chi connectivity index (χ2v) is 2.29. The van der Waals surface area contributed by atoms with Crippen molar-refractivity contribution in [2.75, 3.05) is 13.2 Å². The van der Waals surface area contributed by atoms with Crippen molar-refractivity contribution in [3.8, 4) is 0 Å². The van der Waals surface area contributed by atoms with E-state index in [0.29, 0.717) is 13.2 Å². The molecule has 0 aromatic heterocycles. The van der Waals surface area contributed by atoms with Crippen molar-refractivity contribution in [2.24, 2.45) is 11.5 Å². The third-order valence-corrected chi connectivity index (χ3v) is 1.27. The molecule has 0 amide bonds. The summed E-state index contributed by atoms with van der Waals surface area (Å²) in [5.74, 6) is 0. The van der Waals surface area contributed by atoms with E-state index in [0.717, 1.165) is 6.42 Å². The summed E-state index contributed by atoms with van der Waals surface area (Å²) in [6.45, 7) is 1.35. The van der Waals surface area contributed by atoms with Crippen LogP contribution < -0.4 is 11.5 Å². The van der Waals surface area contributed by atoms with Crippen LogP contribution in [-0.2, 0) is 4.74 Å². The molecule has 48 valence electrons. The Kier molecular flexibility index (Phi) is 1.83. The molecule has 1 aliphatic heterocycles. The first-order chi connectivity index (χ1) is 3.79. The van der Waals surface area contributed by atoms with Gasteiger partial charge in [0.25, 0.3) is 0 Å². The zero-order valence-corrected chi connectivity index (χ0v) is 4.84. The Balaban J connectivity index is 2.23. The van der Waals surface area contributed by atoms with E-state index in [4.69, 9.17) is 16.2 Å². The summed E-state index contributed by atoms with van der Waals surface area (Å²) in [6, 6.07) is 0.331. The number of nitrogens with two attached hydrogens (primary N) is 2. The predicted molar refractivity (Wildman–Crippen MR) is 31.4 cm³/mol. The fourth-order valence-corrected chi connectivity index (χ4v) is 0.896. The fraction of sp³-hybridized carbons (Fsp3) is 1.00. The van der Waals surface area contributed by atoms with E-state index in [2.05, 4.69) is 0 Å². The van der Waals surface area contributed by atoms with E-state index in [9.17, 15) is 0 Å². The molecule has 1 fully saturated rings. The van der Waals surface area contributed by atoms with Crippen LogP contribution in [0.2, 0.25) is 0 Å². The molecular weight excluding hydrogens is 104 g/mol. The van der Waals surface area contributed by atoms with Gasteiger partial charge in [-0.05, 0) is 6.42 Å². The van der Waals surface area contributed by atoms with Gasteiger partial charge in [-0.15, -0.1) is 0 Å². The summed E-state index contributed by atoms with van der Waals surface area (Å²) in [5.41, 5.74) is 11.0. The lowest BCUT2D eigenvalue weighted by atomic mass is 10.1. The molecule has 0 saturated carbocycles. The van der Waals surface area contributed by atoms with Crippen molar-refractivity contribution >= 4 is 0 Å². The van der Waals surface area contributed by atoms with E-state index in [-0.39, 0.29) is 12.1 Å². The molecule has 0 radical (unpaired) electrons. The number of rotatable bonds is 0. The van der Waals surface area contributed by atoms with Crippen molar-refractivity contribution < 1.29 is 4.74 Å². The van der Waals surface area contributed by atoms with Crippen molar-refractivity contribution in [3.05, 3.63) is 0 Å². The molecule has 0 aromatic rings. The van der Waals surface area contributed by atoms with Crippen molar-refractivity contribution in [1.82, 2.24) is 0 Å². The van der Waals surface area contributed by atoms with Gasteiger partial charge in [-0.1, -0.05) is 0 Å². The van der Waals surface area contributed by atoms with Gasteiger partial charge >= 0.3 is 0 Å². The maximum atomic E-state index is 5.52. The summed E-state index contributed by atoms with van der Waals surface area (Å²) in [4.78, 5) is 0. The summed E-state index contributed by atoms with van der Waals surface area (Å²) >= 11 is 0. The van der Waals surface area contributed by atoms with Crippen LogP contribution >= 0.6 is 0 Å². The summed E-state index contributed by atoms with van der Waals surface area (Å²) in [7, 11) is 0. The number of ether oxygens (including phenoxy) is 1. The van der Waals surface area contributed by atoms with Crippen LogP contribution in [0.4, 0.5) is 0 Å². The highest BCUT2D eigenvalue weighted by molar-refractivity contribution is 4.74. The normalized spacial score (nSPS) is 39.8. The first kappa shape index (κ1) is 6.01. The highest BCUT2D eigenvalue weighted by atomic mass is 16.5. The van der Waals surface area contributed by atoms with E-state index in [1.54, 1.807) is 0 Å². The van der Waals surface area contributed by atoms with Gasteiger partial charge in [0.15, 0.2) is 0 Å². The Hall–Kier alpha value is -0.120. The van der Waals surface area contributed by atoms with Gasteiger partial charge < -0.3 is 16.2 Å². The van der Waals surface area contributed by atoms with Crippen molar-refractivity contribution in [3.63, 3.8) is 0 Å². The van der Waals surface area contributed by atoms with E-state index < -0.39 is 0 Å². The number of hydrogen-bond donors (Lipinski definition) is 2. The van der Waals surface area contributed by atoms with Crippen LogP contribution in [0, 0.1) is 0 Å². The van der Waals surface area contributed by atoms with E-state index >= 15 is 0 Å². The Labute approximate surface area is 49.0 Å². The van der Waals surface area contributed by atoms with Crippen LogP contribution in [0.25, 0.3) is 0 Å². The van der Waals surface area contributed by atoms with Gasteiger partial charge in [-0.3, -0.25) is 0 Å². The zero-order chi connectivity index (χ0) is 5.98. The highest BCUT2D eigenvalue weighted by Gasteiger charge is 2.14. The van der Waals surface area contributed by atoms with Crippen LogP contribution in [0.15, 0.2) is 0 Å². The molecule has 0 bridgehead atoms. The third kappa shape index (κ3) is 1.43. The van der Waals surface area contributed by atoms with Gasteiger partial charge in [0.1, 0.15) is 0 Å². The van der Waals surface area contributed by atoms with Crippen LogP contribution in [0.5, 0.6) is 0 Å². The molecule has 0 aliphatic carbocycles. The predicted octanol–water partition coefficient (Wildman–Crippen LogP) is -0.939. The second kappa shape index (κ2) is 2.44. The maximum absolute atomic E-state index is 5.52.